The van der Waals surface area contributed by atoms with Crippen molar-refractivity contribution in [2.24, 2.45) is 0 Å². The number of fused-ring (bicyclic) bond motifs is 1. The van der Waals surface area contributed by atoms with E-state index in [2.05, 4.69) is 53.7 Å². The van der Waals surface area contributed by atoms with Crippen LogP contribution < -0.4 is 10.1 Å². The van der Waals surface area contributed by atoms with Crippen molar-refractivity contribution in [1.82, 2.24) is 10.2 Å². The van der Waals surface area contributed by atoms with Gasteiger partial charge in [-0.2, -0.15) is 0 Å². The first-order valence-corrected chi connectivity index (χ1v) is 7.74. The molecular weight excluding hydrogens is 260 g/mol. The zero-order valence-corrected chi connectivity index (χ0v) is 12.9. The predicted octanol–water partition coefficient (Wildman–Crippen LogP) is 3.03. The van der Waals surface area contributed by atoms with Gasteiger partial charge in [-0.3, -0.25) is 0 Å². The maximum atomic E-state index is 5.46. The van der Waals surface area contributed by atoms with Crippen LogP contribution in [0.5, 0.6) is 5.75 Å². The maximum Gasteiger partial charge on any atom is 0.126 e. The molecule has 0 amide bonds. The topological polar surface area (TPSA) is 24.5 Å². The van der Waals surface area contributed by atoms with Crippen LogP contribution in [-0.4, -0.2) is 38.2 Å². The molecule has 3 heteroatoms. The second-order valence-electron chi connectivity index (χ2n) is 5.93. The number of nitrogens with one attached hydrogen (secondary N) is 1. The molecule has 1 fully saturated rings. The first kappa shape index (κ1) is 14.4. The van der Waals surface area contributed by atoms with Crippen molar-refractivity contribution in [3.05, 3.63) is 42.0 Å². The van der Waals surface area contributed by atoms with Gasteiger partial charge in [0.1, 0.15) is 5.75 Å². The zero-order chi connectivity index (χ0) is 14.7. The van der Waals surface area contributed by atoms with Crippen molar-refractivity contribution in [2.45, 2.75) is 25.4 Å². The van der Waals surface area contributed by atoms with Crippen LogP contribution in [0, 0.1) is 0 Å². The number of rotatable bonds is 4. The summed E-state index contributed by atoms with van der Waals surface area (Å²) >= 11 is 0. The molecule has 1 heterocycles. The zero-order valence-electron chi connectivity index (χ0n) is 12.9. The summed E-state index contributed by atoms with van der Waals surface area (Å²) in [5.41, 5.74) is 1.35. The van der Waals surface area contributed by atoms with Crippen LogP contribution in [0.25, 0.3) is 10.8 Å². The van der Waals surface area contributed by atoms with Crippen LogP contribution in [0.15, 0.2) is 36.4 Å². The normalized spacial score (nSPS) is 17.2. The van der Waals surface area contributed by atoms with Crippen molar-refractivity contribution in [1.29, 1.82) is 0 Å². The highest BCUT2D eigenvalue weighted by Crippen LogP contribution is 2.28. The van der Waals surface area contributed by atoms with E-state index >= 15 is 0 Å². The van der Waals surface area contributed by atoms with Gasteiger partial charge in [0.05, 0.1) is 7.11 Å². The van der Waals surface area contributed by atoms with Gasteiger partial charge in [-0.25, -0.2) is 0 Å². The third-order valence-electron chi connectivity index (χ3n) is 4.49. The van der Waals surface area contributed by atoms with E-state index in [4.69, 9.17) is 4.74 Å². The molecule has 0 aliphatic carbocycles. The standard InChI is InChI=1S/C18H24N2O/c1-20-11-9-15(10-12-20)19-13-14-7-8-18(21-2)17-6-4-3-5-16(14)17/h3-8,15,19H,9-13H2,1-2H3. The lowest BCUT2D eigenvalue weighted by molar-refractivity contribution is 0.234. The molecule has 1 aliphatic rings. The van der Waals surface area contributed by atoms with E-state index in [1.165, 1.54) is 42.3 Å². The van der Waals surface area contributed by atoms with E-state index in [0.29, 0.717) is 6.04 Å². The highest BCUT2D eigenvalue weighted by atomic mass is 16.5. The summed E-state index contributed by atoms with van der Waals surface area (Å²) in [6.45, 7) is 3.32. The first-order valence-electron chi connectivity index (χ1n) is 7.74. The van der Waals surface area contributed by atoms with Gasteiger partial charge in [0.15, 0.2) is 0 Å². The summed E-state index contributed by atoms with van der Waals surface area (Å²) in [6.07, 6.45) is 2.48. The molecule has 0 bridgehead atoms. The van der Waals surface area contributed by atoms with Gasteiger partial charge in [0.2, 0.25) is 0 Å². The van der Waals surface area contributed by atoms with Gasteiger partial charge >= 0.3 is 0 Å². The molecule has 2 aromatic carbocycles. The van der Waals surface area contributed by atoms with Crippen LogP contribution in [0.2, 0.25) is 0 Å². The Morgan fingerprint density at radius 2 is 1.81 bits per heavy atom. The van der Waals surface area contributed by atoms with Gasteiger partial charge < -0.3 is 15.0 Å². The smallest absolute Gasteiger partial charge is 0.126 e. The van der Waals surface area contributed by atoms with Gasteiger partial charge in [-0.05, 0) is 50.0 Å². The quantitative estimate of drug-likeness (QED) is 0.934. The Labute approximate surface area is 126 Å². The molecule has 0 atom stereocenters. The summed E-state index contributed by atoms with van der Waals surface area (Å²) < 4.78 is 5.46. The summed E-state index contributed by atoms with van der Waals surface area (Å²) in [5.74, 6) is 0.952. The fourth-order valence-corrected chi connectivity index (χ4v) is 3.13. The van der Waals surface area contributed by atoms with Crippen LogP contribution in [0.4, 0.5) is 0 Å². The van der Waals surface area contributed by atoms with Crippen molar-refractivity contribution < 1.29 is 4.74 Å². The summed E-state index contributed by atoms with van der Waals surface area (Å²) in [7, 11) is 3.94. The van der Waals surface area contributed by atoms with E-state index in [9.17, 15) is 0 Å². The third-order valence-corrected chi connectivity index (χ3v) is 4.49. The molecule has 2 aromatic rings. The van der Waals surface area contributed by atoms with Crippen LogP contribution >= 0.6 is 0 Å². The number of methoxy groups -OCH3 is 1. The maximum absolute atomic E-state index is 5.46. The lowest BCUT2D eigenvalue weighted by Gasteiger charge is -2.29. The highest BCUT2D eigenvalue weighted by molar-refractivity contribution is 5.91. The predicted molar refractivity (Wildman–Crippen MR) is 87.9 cm³/mol. The molecule has 21 heavy (non-hydrogen) atoms. The number of hydrogen-bond acceptors (Lipinski definition) is 3. The van der Waals surface area contributed by atoms with Crippen molar-refractivity contribution in [2.75, 3.05) is 27.2 Å². The Hall–Kier alpha value is -1.58. The van der Waals surface area contributed by atoms with Gasteiger partial charge in [0, 0.05) is 18.0 Å². The van der Waals surface area contributed by atoms with E-state index < -0.39 is 0 Å². The van der Waals surface area contributed by atoms with E-state index in [1.54, 1.807) is 7.11 Å². The minimum Gasteiger partial charge on any atom is -0.496 e. The van der Waals surface area contributed by atoms with Gasteiger partial charge in [-0.15, -0.1) is 0 Å². The molecular formula is C18H24N2O. The van der Waals surface area contributed by atoms with E-state index in [0.717, 1.165) is 12.3 Å². The minimum absolute atomic E-state index is 0.641. The number of benzene rings is 2. The van der Waals surface area contributed by atoms with Crippen molar-refractivity contribution >= 4 is 10.8 Å². The van der Waals surface area contributed by atoms with Crippen LogP contribution in [-0.2, 0) is 6.54 Å². The molecule has 3 rings (SSSR count). The lowest BCUT2D eigenvalue weighted by Crippen LogP contribution is -2.40. The Morgan fingerprint density at radius 1 is 1.10 bits per heavy atom. The highest BCUT2D eigenvalue weighted by Gasteiger charge is 2.16. The molecule has 0 radical (unpaired) electrons. The van der Waals surface area contributed by atoms with Gasteiger partial charge in [0.25, 0.3) is 0 Å². The molecule has 0 aromatic heterocycles. The number of likely N-dealkylation sites (tertiary alicyclic amines) is 1. The molecule has 0 unspecified atom stereocenters. The SMILES string of the molecule is COc1ccc(CNC2CCN(C)CC2)c2ccccc12. The molecule has 0 spiro atoms. The van der Waals surface area contributed by atoms with Crippen molar-refractivity contribution in [3.63, 3.8) is 0 Å². The number of ether oxygens (including phenoxy) is 1. The third kappa shape index (κ3) is 3.20. The van der Waals surface area contributed by atoms with Crippen LogP contribution in [0.3, 0.4) is 0 Å². The fourth-order valence-electron chi connectivity index (χ4n) is 3.13. The fraction of sp³-hybridized carbons (Fsp3) is 0.444. The van der Waals surface area contributed by atoms with E-state index in [-0.39, 0.29) is 0 Å². The average molecular weight is 284 g/mol. The second kappa shape index (κ2) is 6.46. The Bertz CT molecular complexity index is 603. The van der Waals surface area contributed by atoms with Gasteiger partial charge in [-0.1, -0.05) is 30.3 Å². The Morgan fingerprint density at radius 3 is 2.52 bits per heavy atom. The number of nitrogens with zero attached hydrogens (tertiary/aromatic N) is 1. The van der Waals surface area contributed by atoms with Crippen molar-refractivity contribution in [3.8, 4) is 5.75 Å². The molecule has 3 nitrogen and oxygen atoms in total. The monoisotopic (exact) mass is 284 g/mol. The molecule has 0 saturated carbocycles. The Balaban J connectivity index is 1.75. The lowest BCUT2D eigenvalue weighted by atomic mass is 10.0. The molecule has 1 aliphatic heterocycles. The first-order chi connectivity index (χ1) is 10.3. The molecule has 1 saturated heterocycles. The van der Waals surface area contributed by atoms with Crippen LogP contribution in [0.1, 0.15) is 18.4 Å². The second-order valence-corrected chi connectivity index (χ2v) is 5.93. The number of hydrogen-bond donors (Lipinski definition) is 1. The largest absolute Gasteiger partial charge is 0.496 e. The Kier molecular flexibility index (Phi) is 4.42. The molecule has 1 N–H and O–H groups in total. The summed E-state index contributed by atoms with van der Waals surface area (Å²) in [5, 5.41) is 6.21. The summed E-state index contributed by atoms with van der Waals surface area (Å²) in [6, 6.07) is 13.4. The van der Waals surface area contributed by atoms with E-state index in [1.807, 2.05) is 0 Å². The summed E-state index contributed by atoms with van der Waals surface area (Å²) in [4.78, 5) is 2.40. The minimum atomic E-state index is 0.641. The average Bonchev–Trinajstić information content (AvgIpc) is 2.54. The number of piperidine rings is 1. The molecule has 112 valence electrons.